The predicted molar refractivity (Wildman–Crippen MR) is 126 cm³/mol. The number of methoxy groups -OCH3 is 2. The third-order valence-electron chi connectivity index (χ3n) is 5.70. The van der Waals surface area contributed by atoms with Crippen molar-refractivity contribution in [2.45, 2.75) is 25.4 Å². The van der Waals surface area contributed by atoms with Gasteiger partial charge >= 0.3 is 11.9 Å². The van der Waals surface area contributed by atoms with E-state index in [2.05, 4.69) is 14.4 Å². The second-order valence-corrected chi connectivity index (χ2v) is 10.7. The summed E-state index contributed by atoms with van der Waals surface area (Å²) in [5.41, 5.74) is 1.97. The molecule has 13 heteroatoms. The number of amidine groups is 1. The van der Waals surface area contributed by atoms with Crippen LogP contribution in [-0.2, 0) is 29.1 Å². The van der Waals surface area contributed by atoms with E-state index in [1.54, 1.807) is 29.5 Å². The maximum Gasteiger partial charge on any atom is 0.338 e. The Bertz CT molecular complexity index is 1320. The molecule has 0 saturated carbocycles. The second-order valence-electron chi connectivity index (χ2n) is 8.01. The molecule has 2 aromatic rings. The molecule has 1 saturated heterocycles. The molecule has 2 aliphatic heterocycles. The second kappa shape index (κ2) is 9.84. The molecular formula is C22H23FN4O6S2. The molecule has 0 unspecified atom stereocenters. The summed E-state index contributed by atoms with van der Waals surface area (Å²) in [5.74, 6) is -2.29. The number of carbonyl (C=O) groups is 2. The number of nitrogens with zero attached hydrogens (tertiary/aromatic N) is 3. The number of ether oxygens (including phenoxy) is 2. The largest absolute Gasteiger partial charge is 0.468 e. The van der Waals surface area contributed by atoms with E-state index in [0.717, 1.165) is 7.11 Å². The lowest BCUT2D eigenvalue weighted by Crippen LogP contribution is -2.41. The number of halogens is 1. The van der Waals surface area contributed by atoms with Gasteiger partial charge in [0.25, 0.3) is 0 Å². The summed E-state index contributed by atoms with van der Waals surface area (Å²) in [6, 6.07) is 2.77. The lowest BCUT2D eigenvalue weighted by molar-refractivity contribution is -0.138. The van der Waals surface area contributed by atoms with Crippen LogP contribution in [0.2, 0.25) is 0 Å². The summed E-state index contributed by atoms with van der Waals surface area (Å²) in [4.78, 5) is 35.4. The highest BCUT2D eigenvalue weighted by Crippen LogP contribution is 2.41. The first-order chi connectivity index (χ1) is 16.6. The Kier molecular flexibility index (Phi) is 7.01. The van der Waals surface area contributed by atoms with Crippen molar-refractivity contribution in [1.29, 1.82) is 0 Å². The standard InChI is InChI=1S/C22H23FN4O6S2/c1-12-8-13(23)4-5-15(12)19-18(22(29)33-3)16-9-14(26-35(30,31)11-17(28)32-2)10-27(16)20(25-19)21-24-6-7-34-21/h4-8,14,19,26H,9-11H2,1-3H3/t14-,19-/m0/s1. The number of esters is 2. The van der Waals surface area contributed by atoms with Gasteiger partial charge in [0, 0.05) is 36.3 Å². The number of hydrogen-bond acceptors (Lipinski definition) is 10. The molecule has 4 rings (SSSR count). The topological polar surface area (TPSA) is 127 Å². The van der Waals surface area contributed by atoms with Gasteiger partial charge in [0.2, 0.25) is 10.0 Å². The fourth-order valence-electron chi connectivity index (χ4n) is 4.23. The van der Waals surface area contributed by atoms with E-state index in [1.807, 2.05) is 0 Å². The molecule has 2 aliphatic rings. The fraction of sp³-hybridized carbons (Fsp3) is 0.364. The van der Waals surface area contributed by atoms with E-state index < -0.39 is 45.6 Å². The number of aryl methyl sites for hydroxylation is 1. The molecule has 0 aliphatic carbocycles. The average molecular weight is 523 g/mol. The number of sulfonamides is 1. The smallest absolute Gasteiger partial charge is 0.338 e. The number of carbonyl (C=O) groups excluding carboxylic acids is 2. The lowest BCUT2D eigenvalue weighted by atomic mass is 9.91. The summed E-state index contributed by atoms with van der Waals surface area (Å²) < 4.78 is 50.8. The minimum absolute atomic E-state index is 0.145. The maximum atomic E-state index is 13.8. The molecule has 1 N–H and O–H groups in total. The lowest BCUT2D eigenvalue weighted by Gasteiger charge is -2.31. The molecule has 35 heavy (non-hydrogen) atoms. The van der Waals surface area contributed by atoms with E-state index in [4.69, 9.17) is 9.73 Å². The highest BCUT2D eigenvalue weighted by molar-refractivity contribution is 7.90. The summed E-state index contributed by atoms with van der Waals surface area (Å²) >= 11 is 1.34. The highest BCUT2D eigenvalue weighted by Gasteiger charge is 2.43. The van der Waals surface area contributed by atoms with Crippen LogP contribution in [0.25, 0.3) is 0 Å². The molecule has 1 aromatic heterocycles. The molecule has 0 spiro atoms. The van der Waals surface area contributed by atoms with E-state index >= 15 is 0 Å². The van der Waals surface area contributed by atoms with Gasteiger partial charge in [-0.05, 0) is 30.2 Å². The fourth-order valence-corrected chi connectivity index (χ4v) is 6.04. The Morgan fingerprint density at radius 2 is 2.06 bits per heavy atom. The van der Waals surface area contributed by atoms with Crippen LogP contribution >= 0.6 is 11.3 Å². The number of aromatic nitrogens is 1. The third kappa shape index (κ3) is 5.11. The zero-order valence-corrected chi connectivity index (χ0v) is 20.8. The monoisotopic (exact) mass is 522 g/mol. The quantitative estimate of drug-likeness (QED) is 0.545. The van der Waals surface area contributed by atoms with Crippen LogP contribution in [-0.4, -0.2) is 68.6 Å². The van der Waals surface area contributed by atoms with Gasteiger partial charge in [-0.2, -0.15) is 0 Å². The van der Waals surface area contributed by atoms with Crippen LogP contribution in [0.5, 0.6) is 0 Å². The van der Waals surface area contributed by atoms with E-state index in [0.29, 0.717) is 27.7 Å². The van der Waals surface area contributed by atoms with Crippen LogP contribution in [0.3, 0.4) is 0 Å². The normalized spacial score (nSPS) is 19.9. The molecule has 1 fully saturated rings. The van der Waals surface area contributed by atoms with Crippen LogP contribution in [0.15, 0.2) is 46.0 Å². The van der Waals surface area contributed by atoms with Crippen molar-refractivity contribution >= 4 is 39.1 Å². The van der Waals surface area contributed by atoms with Crippen molar-refractivity contribution < 1.29 is 31.9 Å². The molecule has 3 heterocycles. The minimum atomic E-state index is -4.00. The van der Waals surface area contributed by atoms with Gasteiger partial charge in [0.05, 0.1) is 19.8 Å². The molecule has 0 radical (unpaired) electrons. The number of nitrogens with one attached hydrogen (secondary N) is 1. The molecule has 1 aromatic carbocycles. The van der Waals surface area contributed by atoms with Crippen molar-refractivity contribution in [3.05, 3.63) is 63.0 Å². The van der Waals surface area contributed by atoms with E-state index in [-0.39, 0.29) is 18.5 Å². The Labute approximate surface area is 205 Å². The van der Waals surface area contributed by atoms with Gasteiger partial charge in [-0.25, -0.2) is 27.3 Å². The number of hydrogen-bond donors (Lipinski definition) is 1. The Morgan fingerprint density at radius 3 is 2.69 bits per heavy atom. The third-order valence-corrected chi connectivity index (χ3v) is 7.77. The number of rotatable bonds is 7. The van der Waals surface area contributed by atoms with E-state index in [1.165, 1.54) is 30.6 Å². The summed E-state index contributed by atoms with van der Waals surface area (Å²) in [6.07, 6.45) is 1.76. The molecule has 0 bridgehead atoms. The Hall–Kier alpha value is -3.16. The van der Waals surface area contributed by atoms with Gasteiger partial charge in [-0.15, -0.1) is 11.3 Å². The van der Waals surface area contributed by atoms with Crippen molar-refractivity contribution in [2.75, 3.05) is 26.5 Å². The minimum Gasteiger partial charge on any atom is -0.468 e. The number of benzene rings is 1. The summed E-state index contributed by atoms with van der Waals surface area (Å²) in [6.45, 7) is 1.88. The Balaban J connectivity index is 1.80. The number of thiazole rings is 1. The first-order valence-corrected chi connectivity index (χ1v) is 13.1. The van der Waals surface area contributed by atoms with Crippen molar-refractivity contribution in [2.24, 2.45) is 4.99 Å². The van der Waals surface area contributed by atoms with Crippen LogP contribution in [0.4, 0.5) is 4.39 Å². The molecular weight excluding hydrogens is 499 g/mol. The van der Waals surface area contributed by atoms with Crippen LogP contribution < -0.4 is 4.72 Å². The van der Waals surface area contributed by atoms with Crippen molar-refractivity contribution in [3.63, 3.8) is 0 Å². The highest BCUT2D eigenvalue weighted by atomic mass is 32.2. The first-order valence-electron chi connectivity index (χ1n) is 10.5. The van der Waals surface area contributed by atoms with Gasteiger partial charge in [0.1, 0.15) is 11.9 Å². The summed E-state index contributed by atoms with van der Waals surface area (Å²) in [5, 5.41) is 2.36. The van der Waals surface area contributed by atoms with Gasteiger partial charge < -0.3 is 14.4 Å². The van der Waals surface area contributed by atoms with Crippen LogP contribution in [0, 0.1) is 12.7 Å². The zero-order chi connectivity index (χ0) is 25.3. The predicted octanol–water partition coefficient (Wildman–Crippen LogP) is 1.69. The maximum absolute atomic E-state index is 13.8. The number of fused-ring (bicyclic) bond motifs is 1. The van der Waals surface area contributed by atoms with Crippen LogP contribution in [0.1, 0.15) is 28.6 Å². The van der Waals surface area contributed by atoms with Gasteiger partial charge in [-0.1, -0.05) is 6.07 Å². The number of aliphatic imine (C=N–C) groups is 1. The first kappa shape index (κ1) is 24.9. The summed E-state index contributed by atoms with van der Waals surface area (Å²) in [7, 11) is -1.64. The van der Waals surface area contributed by atoms with Gasteiger partial charge in [-0.3, -0.25) is 9.79 Å². The SMILES string of the molecule is COC(=O)CS(=O)(=O)N[C@H]1CC2=C(C(=O)OC)[C@H](c3ccc(F)cc3C)N=C(c3nccs3)N2C1. The van der Waals surface area contributed by atoms with Gasteiger partial charge in [0.15, 0.2) is 16.6 Å². The molecule has 186 valence electrons. The molecule has 2 atom stereocenters. The van der Waals surface area contributed by atoms with Crippen molar-refractivity contribution in [1.82, 2.24) is 14.6 Å². The Morgan fingerprint density at radius 1 is 1.29 bits per heavy atom. The van der Waals surface area contributed by atoms with Crippen molar-refractivity contribution in [3.8, 4) is 0 Å². The van der Waals surface area contributed by atoms with E-state index in [9.17, 15) is 22.4 Å². The average Bonchev–Trinajstić information content (AvgIpc) is 3.47. The zero-order valence-electron chi connectivity index (χ0n) is 19.1. The molecule has 0 amide bonds. The molecule has 10 nitrogen and oxygen atoms in total.